The van der Waals surface area contributed by atoms with Crippen LogP contribution in [0.15, 0.2) is 12.1 Å². The molecule has 0 aliphatic heterocycles. The van der Waals surface area contributed by atoms with E-state index in [1.165, 1.54) is 6.92 Å². The van der Waals surface area contributed by atoms with Crippen molar-refractivity contribution in [2.24, 2.45) is 5.84 Å². The molecule has 1 rings (SSSR count). The number of benzene rings is 1. The van der Waals surface area contributed by atoms with E-state index in [1.807, 2.05) is 6.92 Å². The van der Waals surface area contributed by atoms with Crippen LogP contribution < -0.4 is 11.3 Å². The third kappa shape index (κ3) is 3.46. The highest BCUT2D eigenvalue weighted by molar-refractivity contribution is 5.27. The van der Waals surface area contributed by atoms with Gasteiger partial charge < -0.3 is 4.74 Å². The lowest BCUT2D eigenvalue weighted by atomic mass is 10.0. The second-order valence-electron chi connectivity index (χ2n) is 3.80. The normalized spacial score (nSPS) is 12.8. The van der Waals surface area contributed by atoms with Gasteiger partial charge in [0.15, 0.2) is 11.6 Å². The van der Waals surface area contributed by atoms with Gasteiger partial charge in [-0.2, -0.15) is 0 Å². The molecule has 96 valence electrons. The van der Waals surface area contributed by atoms with Crippen molar-refractivity contribution in [3.63, 3.8) is 0 Å². The maximum atomic E-state index is 13.7. The summed E-state index contributed by atoms with van der Waals surface area (Å²) in [5.74, 6) is 3.69. The first-order valence-electron chi connectivity index (χ1n) is 5.60. The van der Waals surface area contributed by atoms with Gasteiger partial charge in [0.2, 0.25) is 0 Å². The first-order valence-corrected chi connectivity index (χ1v) is 5.60. The second-order valence-corrected chi connectivity index (χ2v) is 3.80. The van der Waals surface area contributed by atoms with Crippen molar-refractivity contribution < 1.29 is 13.5 Å². The Hall–Kier alpha value is -1.04. The van der Waals surface area contributed by atoms with Gasteiger partial charge in [0.25, 0.3) is 0 Å². The van der Waals surface area contributed by atoms with Crippen molar-refractivity contribution in [1.82, 2.24) is 5.43 Å². The molecule has 0 radical (unpaired) electrons. The summed E-state index contributed by atoms with van der Waals surface area (Å²) in [6.45, 7) is 4.42. The molecule has 0 bridgehead atoms. The van der Waals surface area contributed by atoms with Gasteiger partial charge in [-0.3, -0.25) is 11.3 Å². The van der Waals surface area contributed by atoms with Gasteiger partial charge >= 0.3 is 0 Å². The minimum Gasteiger partial charge on any atom is -0.382 e. The Labute approximate surface area is 99.9 Å². The van der Waals surface area contributed by atoms with Crippen LogP contribution in [0.3, 0.4) is 0 Å². The standard InChI is InChI=1S/C12H18F2N2O/c1-3-17-7-6-10(16-15)9-5-4-8(2)11(13)12(9)14/h4-5,10,16H,3,6-7,15H2,1-2H3. The van der Waals surface area contributed by atoms with Crippen LogP contribution in [0.25, 0.3) is 0 Å². The zero-order chi connectivity index (χ0) is 12.8. The molecule has 1 atom stereocenters. The molecule has 0 saturated carbocycles. The van der Waals surface area contributed by atoms with Gasteiger partial charge in [-0.1, -0.05) is 12.1 Å². The Morgan fingerprint density at radius 2 is 2.06 bits per heavy atom. The topological polar surface area (TPSA) is 47.3 Å². The summed E-state index contributed by atoms with van der Waals surface area (Å²) in [4.78, 5) is 0. The minimum atomic E-state index is -0.843. The summed E-state index contributed by atoms with van der Waals surface area (Å²) >= 11 is 0. The summed E-state index contributed by atoms with van der Waals surface area (Å²) in [7, 11) is 0. The van der Waals surface area contributed by atoms with Crippen LogP contribution in [0.4, 0.5) is 8.78 Å². The molecule has 3 N–H and O–H groups in total. The molecule has 0 fully saturated rings. The van der Waals surface area contributed by atoms with Gasteiger partial charge in [-0.05, 0) is 25.8 Å². The first-order chi connectivity index (χ1) is 8.11. The second kappa shape index (κ2) is 6.64. The lowest BCUT2D eigenvalue weighted by Crippen LogP contribution is -2.30. The monoisotopic (exact) mass is 244 g/mol. The maximum Gasteiger partial charge on any atom is 0.163 e. The van der Waals surface area contributed by atoms with Crippen LogP contribution in [-0.4, -0.2) is 13.2 Å². The highest BCUT2D eigenvalue weighted by atomic mass is 19.2. The molecule has 0 spiro atoms. The average Bonchev–Trinajstić information content (AvgIpc) is 2.33. The van der Waals surface area contributed by atoms with Crippen LogP contribution in [0, 0.1) is 18.6 Å². The summed E-state index contributed by atoms with van der Waals surface area (Å²) in [5.41, 5.74) is 2.99. The fraction of sp³-hybridized carbons (Fsp3) is 0.500. The van der Waals surface area contributed by atoms with Crippen LogP contribution in [0.1, 0.15) is 30.5 Å². The molecular weight excluding hydrogens is 226 g/mol. The van der Waals surface area contributed by atoms with Crippen molar-refractivity contribution in [3.05, 3.63) is 34.9 Å². The third-order valence-electron chi connectivity index (χ3n) is 2.64. The number of nitrogens with one attached hydrogen (secondary N) is 1. The number of nitrogens with two attached hydrogens (primary N) is 1. The highest BCUT2D eigenvalue weighted by Crippen LogP contribution is 2.23. The van der Waals surface area contributed by atoms with E-state index in [1.54, 1.807) is 12.1 Å². The Balaban J connectivity index is 2.85. The number of hydrogen-bond acceptors (Lipinski definition) is 3. The van der Waals surface area contributed by atoms with Gasteiger partial charge in [-0.25, -0.2) is 8.78 Å². The van der Waals surface area contributed by atoms with Crippen LogP contribution >= 0.6 is 0 Å². The molecular formula is C12H18F2N2O. The van der Waals surface area contributed by atoms with Crippen molar-refractivity contribution in [2.45, 2.75) is 26.3 Å². The summed E-state index contributed by atoms with van der Waals surface area (Å²) in [5, 5.41) is 0. The largest absolute Gasteiger partial charge is 0.382 e. The van der Waals surface area contributed by atoms with E-state index >= 15 is 0 Å². The molecule has 0 aliphatic carbocycles. The third-order valence-corrected chi connectivity index (χ3v) is 2.64. The average molecular weight is 244 g/mol. The lowest BCUT2D eigenvalue weighted by molar-refractivity contribution is 0.136. The zero-order valence-corrected chi connectivity index (χ0v) is 10.1. The molecule has 3 nitrogen and oxygen atoms in total. The predicted octanol–water partition coefficient (Wildman–Crippen LogP) is 2.20. The van der Waals surface area contributed by atoms with Gasteiger partial charge in [0.05, 0.1) is 6.04 Å². The molecule has 1 aromatic rings. The molecule has 0 saturated heterocycles. The summed E-state index contributed by atoms with van der Waals surface area (Å²) < 4.78 is 32.3. The van der Waals surface area contributed by atoms with E-state index in [4.69, 9.17) is 10.6 Å². The van der Waals surface area contributed by atoms with Crippen LogP contribution in [0.5, 0.6) is 0 Å². The minimum absolute atomic E-state index is 0.232. The van der Waals surface area contributed by atoms with E-state index in [0.717, 1.165) is 0 Å². The molecule has 17 heavy (non-hydrogen) atoms. The summed E-state index contributed by atoms with van der Waals surface area (Å²) in [6.07, 6.45) is 0.490. The van der Waals surface area contributed by atoms with E-state index in [9.17, 15) is 8.78 Å². The fourth-order valence-corrected chi connectivity index (χ4v) is 1.60. The number of rotatable bonds is 6. The fourth-order valence-electron chi connectivity index (χ4n) is 1.60. The van der Waals surface area contributed by atoms with E-state index in [2.05, 4.69) is 5.43 Å². The first kappa shape index (κ1) is 14.0. The smallest absolute Gasteiger partial charge is 0.163 e. The number of halogens is 2. The van der Waals surface area contributed by atoms with Crippen molar-refractivity contribution in [1.29, 1.82) is 0 Å². The van der Waals surface area contributed by atoms with Crippen LogP contribution in [0.2, 0.25) is 0 Å². The molecule has 0 amide bonds. The summed E-state index contributed by atoms with van der Waals surface area (Å²) in [6, 6.07) is 2.64. The molecule has 1 unspecified atom stereocenters. The molecule has 1 aromatic carbocycles. The Kier molecular flexibility index (Phi) is 5.47. The maximum absolute atomic E-state index is 13.7. The Bertz CT molecular complexity index is 372. The van der Waals surface area contributed by atoms with E-state index in [-0.39, 0.29) is 11.1 Å². The van der Waals surface area contributed by atoms with E-state index < -0.39 is 17.7 Å². The number of hydrazine groups is 1. The van der Waals surface area contributed by atoms with Crippen molar-refractivity contribution >= 4 is 0 Å². The molecule has 0 heterocycles. The zero-order valence-electron chi connectivity index (χ0n) is 10.1. The number of hydrogen-bond donors (Lipinski definition) is 2. The molecule has 5 heteroatoms. The van der Waals surface area contributed by atoms with Gasteiger partial charge in [-0.15, -0.1) is 0 Å². The van der Waals surface area contributed by atoms with Crippen LogP contribution in [-0.2, 0) is 4.74 Å². The number of ether oxygens (including phenoxy) is 1. The molecule has 0 aromatic heterocycles. The van der Waals surface area contributed by atoms with E-state index in [0.29, 0.717) is 19.6 Å². The number of aryl methyl sites for hydroxylation is 1. The predicted molar refractivity (Wildman–Crippen MR) is 62.3 cm³/mol. The van der Waals surface area contributed by atoms with Crippen molar-refractivity contribution in [2.75, 3.05) is 13.2 Å². The highest BCUT2D eigenvalue weighted by Gasteiger charge is 2.18. The lowest BCUT2D eigenvalue weighted by Gasteiger charge is -2.17. The SMILES string of the molecule is CCOCCC(NN)c1ccc(C)c(F)c1F. The Morgan fingerprint density at radius 3 is 2.65 bits per heavy atom. The molecule has 0 aliphatic rings. The van der Waals surface area contributed by atoms with Crippen molar-refractivity contribution in [3.8, 4) is 0 Å². The Morgan fingerprint density at radius 1 is 1.35 bits per heavy atom. The van der Waals surface area contributed by atoms with Gasteiger partial charge in [0, 0.05) is 18.8 Å². The quantitative estimate of drug-likeness (QED) is 0.458. The van der Waals surface area contributed by atoms with Gasteiger partial charge in [0.1, 0.15) is 0 Å².